The van der Waals surface area contributed by atoms with Crippen molar-refractivity contribution in [3.05, 3.63) is 39.5 Å². The van der Waals surface area contributed by atoms with E-state index in [1.165, 1.54) is 12.1 Å². The van der Waals surface area contributed by atoms with E-state index in [1.807, 2.05) is 27.0 Å². The van der Waals surface area contributed by atoms with Crippen molar-refractivity contribution in [2.24, 2.45) is 0 Å². The highest BCUT2D eigenvalue weighted by Crippen LogP contribution is 2.24. The van der Waals surface area contributed by atoms with Gasteiger partial charge in [-0.3, -0.25) is 0 Å². The Bertz CT molecular complexity index is 616. The summed E-state index contributed by atoms with van der Waals surface area (Å²) in [6.07, 6.45) is 0. The average molecular weight is 386 g/mol. The van der Waals surface area contributed by atoms with Gasteiger partial charge in [-0.15, -0.1) is 0 Å². The Labute approximate surface area is 131 Å². The molecule has 0 aliphatic heterocycles. The molecule has 1 heterocycles. The number of benzene rings is 1. The molecule has 0 unspecified atom stereocenters. The van der Waals surface area contributed by atoms with E-state index >= 15 is 0 Å². The van der Waals surface area contributed by atoms with Gasteiger partial charge < -0.3 is 10.6 Å². The van der Waals surface area contributed by atoms with Gasteiger partial charge in [0.15, 0.2) is 0 Å². The van der Waals surface area contributed by atoms with Gasteiger partial charge in [0.25, 0.3) is 0 Å². The van der Waals surface area contributed by atoms with Gasteiger partial charge in [0, 0.05) is 22.6 Å². The minimum Gasteiger partial charge on any atom is -0.373 e. The van der Waals surface area contributed by atoms with Crippen molar-refractivity contribution in [1.29, 1.82) is 0 Å². The number of halogens is 2. The summed E-state index contributed by atoms with van der Waals surface area (Å²) in [6, 6.07) is 6.43. The van der Waals surface area contributed by atoms with Crippen LogP contribution < -0.4 is 10.6 Å². The fourth-order valence-corrected chi connectivity index (χ4v) is 2.26. The molecular formula is C14H16FIN4. The van der Waals surface area contributed by atoms with Crippen LogP contribution in [-0.2, 0) is 0 Å². The Morgan fingerprint density at radius 2 is 1.85 bits per heavy atom. The third kappa shape index (κ3) is 3.56. The van der Waals surface area contributed by atoms with Gasteiger partial charge in [-0.25, -0.2) is 14.4 Å². The quantitative estimate of drug-likeness (QED) is 0.776. The van der Waals surface area contributed by atoms with Crippen LogP contribution in [0.5, 0.6) is 0 Å². The molecule has 20 heavy (non-hydrogen) atoms. The zero-order valence-corrected chi connectivity index (χ0v) is 13.7. The number of aromatic nitrogens is 2. The standard InChI is InChI=1S/C14H16FIN4/c1-8(2)14-19-12(17-3)7-13(20-14)18-11-5-4-9(15)6-10(11)16/h4-8H,1-3H3,(H2,17,18,19,20). The molecule has 0 bridgehead atoms. The molecule has 0 aliphatic rings. The second-order valence-electron chi connectivity index (χ2n) is 4.65. The Kier molecular flexibility index (Phi) is 4.74. The van der Waals surface area contributed by atoms with E-state index in [0.29, 0.717) is 5.82 Å². The number of nitrogens with zero attached hydrogens (tertiary/aromatic N) is 2. The van der Waals surface area contributed by atoms with Crippen LogP contribution >= 0.6 is 22.6 Å². The van der Waals surface area contributed by atoms with Gasteiger partial charge >= 0.3 is 0 Å². The number of rotatable bonds is 4. The first kappa shape index (κ1) is 15.0. The van der Waals surface area contributed by atoms with E-state index in [2.05, 4.69) is 43.2 Å². The van der Waals surface area contributed by atoms with Crippen LogP contribution in [0.2, 0.25) is 0 Å². The second kappa shape index (κ2) is 6.34. The van der Waals surface area contributed by atoms with Crippen molar-refractivity contribution < 1.29 is 4.39 Å². The van der Waals surface area contributed by atoms with Crippen molar-refractivity contribution in [3.63, 3.8) is 0 Å². The lowest BCUT2D eigenvalue weighted by Crippen LogP contribution is -2.05. The molecule has 0 aliphatic carbocycles. The summed E-state index contributed by atoms with van der Waals surface area (Å²) in [5.74, 6) is 2.19. The molecule has 1 aromatic carbocycles. The Balaban J connectivity index is 2.34. The third-order valence-corrected chi connectivity index (χ3v) is 3.60. The van der Waals surface area contributed by atoms with Crippen LogP contribution in [0.3, 0.4) is 0 Å². The van der Waals surface area contributed by atoms with E-state index in [-0.39, 0.29) is 11.7 Å². The molecule has 106 valence electrons. The lowest BCUT2D eigenvalue weighted by Gasteiger charge is -2.12. The summed E-state index contributed by atoms with van der Waals surface area (Å²) in [7, 11) is 1.82. The number of anilines is 3. The van der Waals surface area contributed by atoms with Gasteiger partial charge in [0.05, 0.1) is 5.69 Å². The first-order valence-corrected chi connectivity index (χ1v) is 7.36. The Hall–Kier alpha value is -1.44. The van der Waals surface area contributed by atoms with E-state index in [9.17, 15) is 4.39 Å². The highest BCUT2D eigenvalue weighted by Gasteiger charge is 2.09. The second-order valence-corrected chi connectivity index (χ2v) is 5.81. The zero-order valence-electron chi connectivity index (χ0n) is 11.5. The van der Waals surface area contributed by atoms with Crippen LogP contribution in [0.4, 0.5) is 21.7 Å². The molecule has 1 aromatic heterocycles. The van der Waals surface area contributed by atoms with Crippen LogP contribution in [0, 0.1) is 9.39 Å². The van der Waals surface area contributed by atoms with Crippen LogP contribution in [0.1, 0.15) is 25.6 Å². The van der Waals surface area contributed by atoms with Crippen LogP contribution in [0.15, 0.2) is 24.3 Å². The molecule has 0 amide bonds. The number of nitrogens with one attached hydrogen (secondary N) is 2. The third-order valence-electron chi connectivity index (χ3n) is 2.71. The minimum absolute atomic E-state index is 0.233. The highest BCUT2D eigenvalue weighted by molar-refractivity contribution is 14.1. The van der Waals surface area contributed by atoms with Gasteiger partial charge in [0.2, 0.25) is 0 Å². The lowest BCUT2D eigenvalue weighted by molar-refractivity contribution is 0.627. The largest absolute Gasteiger partial charge is 0.373 e. The monoisotopic (exact) mass is 386 g/mol. The normalized spacial score (nSPS) is 10.7. The topological polar surface area (TPSA) is 49.8 Å². The van der Waals surface area contributed by atoms with Crippen LogP contribution in [-0.4, -0.2) is 17.0 Å². The van der Waals surface area contributed by atoms with Crippen molar-refractivity contribution >= 4 is 39.9 Å². The number of hydrogen-bond acceptors (Lipinski definition) is 4. The molecule has 0 radical (unpaired) electrons. The van der Waals surface area contributed by atoms with Crippen molar-refractivity contribution in [3.8, 4) is 0 Å². The maximum Gasteiger partial charge on any atom is 0.136 e. The van der Waals surface area contributed by atoms with Gasteiger partial charge in [-0.1, -0.05) is 13.8 Å². The first-order valence-electron chi connectivity index (χ1n) is 6.28. The summed E-state index contributed by atoms with van der Waals surface area (Å²) in [5.41, 5.74) is 0.822. The Morgan fingerprint density at radius 1 is 1.15 bits per heavy atom. The van der Waals surface area contributed by atoms with Crippen LogP contribution in [0.25, 0.3) is 0 Å². The molecule has 6 heteroatoms. The fourth-order valence-electron chi connectivity index (χ4n) is 1.65. The first-order chi connectivity index (χ1) is 9.49. The molecular weight excluding hydrogens is 370 g/mol. The maximum absolute atomic E-state index is 13.1. The fraction of sp³-hybridized carbons (Fsp3) is 0.286. The average Bonchev–Trinajstić information content (AvgIpc) is 2.41. The van der Waals surface area contributed by atoms with E-state index < -0.39 is 0 Å². The maximum atomic E-state index is 13.1. The molecule has 0 saturated heterocycles. The molecule has 0 atom stereocenters. The lowest BCUT2D eigenvalue weighted by atomic mass is 10.2. The minimum atomic E-state index is -0.249. The summed E-state index contributed by atoms with van der Waals surface area (Å²) >= 11 is 2.09. The predicted octanol–water partition coefficient (Wildman–Crippen LogP) is 4.13. The molecule has 4 nitrogen and oxygen atoms in total. The zero-order chi connectivity index (χ0) is 14.7. The van der Waals surface area contributed by atoms with Crippen molar-refractivity contribution in [1.82, 2.24) is 9.97 Å². The van der Waals surface area contributed by atoms with Crippen molar-refractivity contribution in [2.45, 2.75) is 19.8 Å². The summed E-state index contributed by atoms with van der Waals surface area (Å²) in [5, 5.41) is 6.22. The van der Waals surface area contributed by atoms with Gasteiger partial charge in [-0.2, -0.15) is 0 Å². The summed E-state index contributed by atoms with van der Waals surface area (Å²) in [4.78, 5) is 8.89. The van der Waals surface area contributed by atoms with Gasteiger partial charge in [0.1, 0.15) is 23.3 Å². The van der Waals surface area contributed by atoms with Gasteiger partial charge in [-0.05, 0) is 40.8 Å². The molecule has 2 rings (SSSR count). The molecule has 2 N–H and O–H groups in total. The molecule has 2 aromatic rings. The summed E-state index contributed by atoms with van der Waals surface area (Å²) in [6.45, 7) is 4.08. The predicted molar refractivity (Wildman–Crippen MR) is 88.1 cm³/mol. The van der Waals surface area contributed by atoms with Crippen molar-refractivity contribution in [2.75, 3.05) is 17.7 Å². The van der Waals surface area contributed by atoms with E-state index in [1.54, 1.807) is 6.07 Å². The number of hydrogen-bond donors (Lipinski definition) is 2. The Morgan fingerprint density at radius 3 is 2.45 bits per heavy atom. The van der Waals surface area contributed by atoms with E-state index in [0.717, 1.165) is 20.9 Å². The van der Waals surface area contributed by atoms with E-state index in [4.69, 9.17) is 0 Å². The summed E-state index contributed by atoms with van der Waals surface area (Å²) < 4.78 is 13.9. The SMILES string of the molecule is CNc1cc(Nc2ccc(F)cc2I)nc(C(C)C)n1. The molecule has 0 spiro atoms. The smallest absolute Gasteiger partial charge is 0.136 e. The molecule has 0 fully saturated rings. The molecule has 0 saturated carbocycles. The highest BCUT2D eigenvalue weighted by atomic mass is 127.